The van der Waals surface area contributed by atoms with Gasteiger partial charge in [0.2, 0.25) is 0 Å². The molecule has 0 atom stereocenters. The van der Waals surface area contributed by atoms with Crippen molar-refractivity contribution in [3.8, 4) is 6.07 Å². The summed E-state index contributed by atoms with van der Waals surface area (Å²) in [5.74, 6) is 0. The van der Waals surface area contributed by atoms with E-state index in [-0.39, 0.29) is 13.0 Å². The molecule has 96 valence electrons. The zero-order valence-corrected chi connectivity index (χ0v) is 10.6. The Morgan fingerprint density at radius 1 is 1.39 bits per heavy atom. The molecule has 1 N–H and O–H groups in total. The van der Waals surface area contributed by atoms with Crippen LogP contribution in [0.5, 0.6) is 0 Å². The molecule has 0 aliphatic carbocycles. The quantitative estimate of drug-likeness (QED) is 0.807. The number of alkyl carbamates (subject to hydrolysis) is 1. The highest BCUT2D eigenvalue weighted by atomic mass is 16.5. The van der Waals surface area contributed by atoms with Crippen molar-refractivity contribution in [2.24, 2.45) is 0 Å². The van der Waals surface area contributed by atoms with Crippen LogP contribution in [0.4, 0.5) is 10.5 Å². The van der Waals surface area contributed by atoms with E-state index in [1.165, 1.54) is 0 Å². The number of carbonyl (C=O) groups is 1. The van der Waals surface area contributed by atoms with E-state index in [4.69, 9.17) is 10.00 Å². The molecule has 0 saturated heterocycles. The summed E-state index contributed by atoms with van der Waals surface area (Å²) in [6.07, 6.45) is -0.214. The Balaban J connectivity index is 2.35. The van der Waals surface area contributed by atoms with E-state index in [0.717, 1.165) is 11.3 Å². The van der Waals surface area contributed by atoms with Crippen LogP contribution in [-0.4, -0.2) is 26.7 Å². The standard InChI is InChI=1S/C13H17N3O2/c1-16(2)12-6-4-11(5-7-12)10-18-13(17)15-9-3-8-14/h4-7H,3,9-10H2,1-2H3,(H,15,17). The highest BCUT2D eigenvalue weighted by Gasteiger charge is 2.02. The van der Waals surface area contributed by atoms with Crippen LogP contribution in [0.15, 0.2) is 24.3 Å². The first-order chi connectivity index (χ1) is 8.63. The fraction of sp³-hybridized carbons (Fsp3) is 0.385. The predicted molar refractivity (Wildman–Crippen MR) is 69.2 cm³/mol. The van der Waals surface area contributed by atoms with Crippen molar-refractivity contribution in [1.29, 1.82) is 5.26 Å². The lowest BCUT2D eigenvalue weighted by Gasteiger charge is -2.12. The Morgan fingerprint density at radius 2 is 2.06 bits per heavy atom. The number of hydrogen-bond donors (Lipinski definition) is 1. The van der Waals surface area contributed by atoms with Crippen molar-refractivity contribution in [1.82, 2.24) is 5.32 Å². The first-order valence-electron chi connectivity index (χ1n) is 5.67. The molecule has 1 rings (SSSR count). The third-order valence-electron chi connectivity index (χ3n) is 2.33. The molecule has 5 heteroatoms. The first kappa shape index (κ1) is 13.8. The van der Waals surface area contributed by atoms with Gasteiger partial charge < -0.3 is 15.0 Å². The number of carbonyl (C=O) groups excluding carboxylic acids is 1. The van der Waals surface area contributed by atoms with Crippen LogP contribution in [0, 0.1) is 11.3 Å². The number of nitriles is 1. The van der Waals surface area contributed by atoms with Gasteiger partial charge >= 0.3 is 6.09 Å². The van der Waals surface area contributed by atoms with Gasteiger partial charge in [0.1, 0.15) is 6.61 Å². The van der Waals surface area contributed by atoms with E-state index >= 15 is 0 Å². The number of rotatable bonds is 5. The summed E-state index contributed by atoms with van der Waals surface area (Å²) in [5, 5.41) is 10.8. The maximum absolute atomic E-state index is 11.2. The molecule has 0 unspecified atom stereocenters. The lowest BCUT2D eigenvalue weighted by atomic mass is 10.2. The third-order valence-corrected chi connectivity index (χ3v) is 2.33. The van der Waals surface area contributed by atoms with E-state index in [0.29, 0.717) is 6.54 Å². The molecule has 0 saturated carbocycles. The van der Waals surface area contributed by atoms with E-state index in [1.54, 1.807) is 0 Å². The minimum Gasteiger partial charge on any atom is -0.445 e. The van der Waals surface area contributed by atoms with Gasteiger partial charge in [-0.1, -0.05) is 12.1 Å². The number of nitrogens with one attached hydrogen (secondary N) is 1. The van der Waals surface area contributed by atoms with E-state index in [9.17, 15) is 4.79 Å². The van der Waals surface area contributed by atoms with Crippen LogP contribution in [0.25, 0.3) is 0 Å². The zero-order valence-electron chi connectivity index (χ0n) is 10.6. The van der Waals surface area contributed by atoms with E-state index < -0.39 is 6.09 Å². The fourth-order valence-corrected chi connectivity index (χ4v) is 1.31. The van der Waals surface area contributed by atoms with Gasteiger partial charge in [-0.3, -0.25) is 0 Å². The number of hydrogen-bond acceptors (Lipinski definition) is 4. The summed E-state index contributed by atoms with van der Waals surface area (Å²) in [4.78, 5) is 13.2. The third kappa shape index (κ3) is 4.74. The Hall–Kier alpha value is -2.22. The smallest absolute Gasteiger partial charge is 0.407 e. The molecule has 0 bridgehead atoms. The molecule has 5 nitrogen and oxygen atoms in total. The molecule has 18 heavy (non-hydrogen) atoms. The molecule has 0 aromatic heterocycles. The SMILES string of the molecule is CN(C)c1ccc(COC(=O)NCCC#N)cc1. The second-order valence-corrected chi connectivity index (χ2v) is 3.97. The number of benzene rings is 1. The molecule has 0 aliphatic heterocycles. The zero-order chi connectivity index (χ0) is 13.4. The summed E-state index contributed by atoms with van der Waals surface area (Å²) in [6.45, 7) is 0.543. The van der Waals surface area contributed by atoms with Gasteiger partial charge in [0.25, 0.3) is 0 Å². The summed E-state index contributed by atoms with van der Waals surface area (Å²) >= 11 is 0. The van der Waals surface area contributed by atoms with Crippen LogP contribution < -0.4 is 10.2 Å². The molecule has 1 aromatic carbocycles. The Labute approximate surface area is 107 Å². The highest BCUT2D eigenvalue weighted by molar-refractivity contribution is 5.67. The van der Waals surface area contributed by atoms with Crippen molar-refractivity contribution in [3.05, 3.63) is 29.8 Å². The molecule has 0 heterocycles. The average molecular weight is 247 g/mol. The summed E-state index contributed by atoms with van der Waals surface area (Å²) in [7, 11) is 3.93. The second-order valence-electron chi connectivity index (χ2n) is 3.97. The van der Waals surface area contributed by atoms with Gasteiger partial charge in [0, 0.05) is 26.3 Å². The van der Waals surface area contributed by atoms with Crippen LogP contribution in [0.1, 0.15) is 12.0 Å². The lowest BCUT2D eigenvalue weighted by molar-refractivity contribution is 0.140. The van der Waals surface area contributed by atoms with E-state index in [1.807, 2.05) is 49.3 Å². The van der Waals surface area contributed by atoms with Gasteiger partial charge in [-0.2, -0.15) is 5.26 Å². The number of anilines is 1. The molecule has 1 aromatic rings. The topological polar surface area (TPSA) is 65.4 Å². The van der Waals surface area contributed by atoms with Crippen molar-refractivity contribution in [2.75, 3.05) is 25.5 Å². The Morgan fingerprint density at radius 3 is 2.61 bits per heavy atom. The van der Waals surface area contributed by atoms with Gasteiger partial charge in [-0.05, 0) is 17.7 Å². The first-order valence-corrected chi connectivity index (χ1v) is 5.67. The second kappa shape index (κ2) is 7.17. The average Bonchev–Trinajstić information content (AvgIpc) is 2.37. The highest BCUT2D eigenvalue weighted by Crippen LogP contribution is 2.12. The summed E-state index contributed by atoms with van der Waals surface area (Å²) < 4.78 is 5.00. The lowest BCUT2D eigenvalue weighted by Crippen LogP contribution is -2.24. The summed E-state index contributed by atoms with van der Waals surface area (Å²) in [6, 6.07) is 9.70. The molecule has 0 fully saturated rings. The van der Waals surface area contributed by atoms with Crippen LogP contribution >= 0.6 is 0 Å². The minimum atomic E-state index is -0.498. The van der Waals surface area contributed by atoms with Crippen LogP contribution in [0.2, 0.25) is 0 Å². The molecule has 1 amide bonds. The molecular weight excluding hydrogens is 230 g/mol. The molecular formula is C13H17N3O2. The van der Waals surface area contributed by atoms with Crippen LogP contribution in [-0.2, 0) is 11.3 Å². The number of amides is 1. The molecule has 0 aliphatic rings. The maximum Gasteiger partial charge on any atom is 0.407 e. The van der Waals surface area contributed by atoms with Gasteiger partial charge in [-0.25, -0.2) is 4.79 Å². The van der Waals surface area contributed by atoms with Crippen LogP contribution in [0.3, 0.4) is 0 Å². The molecule has 0 radical (unpaired) electrons. The van der Waals surface area contributed by atoms with Gasteiger partial charge in [-0.15, -0.1) is 0 Å². The normalized spacial score (nSPS) is 9.39. The monoisotopic (exact) mass is 247 g/mol. The van der Waals surface area contributed by atoms with Gasteiger partial charge in [0.05, 0.1) is 12.5 Å². The number of nitrogens with zero attached hydrogens (tertiary/aromatic N) is 2. The van der Waals surface area contributed by atoms with Gasteiger partial charge in [0.15, 0.2) is 0 Å². The fourth-order valence-electron chi connectivity index (χ4n) is 1.31. The Bertz CT molecular complexity index is 421. The van der Waals surface area contributed by atoms with Crippen molar-refractivity contribution in [2.45, 2.75) is 13.0 Å². The molecule has 0 spiro atoms. The summed E-state index contributed by atoms with van der Waals surface area (Å²) in [5.41, 5.74) is 2.02. The van der Waals surface area contributed by atoms with Crippen molar-refractivity contribution >= 4 is 11.8 Å². The Kier molecular flexibility index (Phi) is 5.52. The number of ether oxygens (including phenoxy) is 1. The van der Waals surface area contributed by atoms with Crippen molar-refractivity contribution in [3.63, 3.8) is 0 Å². The van der Waals surface area contributed by atoms with E-state index in [2.05, 4.69) is 5.32 Å². The predicted octanol–water partition coefficient (Wildman–Crippen LogP) is 1.89. The maximum atomic E-state index is 11.2. The van der Waals surface area contributed by atoms with Crippen molar-refractivity contribution < 1.29 is 9.53 Å². The largest absolute Gasteiger partial charge is 0.445 e. The minimum absolute atomic E-state index is 0.228.